The van der Waals surface area contributed by atoms with Gasteiger partial charge in [-0.3, -0.25) is 4.79 Å². The Balaban J connectivity index is 1.43. The van der Waals surface area contributed by atoms with Crippen molar-refractivity contribution in [2.24, 2.45) is 0 Å². The SMILES string of the molecule is O=C(CNC(=O)N1CCN(c2ncccn2)CC1)Nc1cccc(OC(F)(F)F)c1. The second-order valence-electron chi connectivity index (χ2n) is 6.31. The summed E-state index contributed by atoms with van der Waals surface area (Å²) in [5.74, 6) is -0.442. The number of rotatable bonds is 5. The van der Waals surface area contributed by atoms with Crippen LogP contribution in [0.4, 0.5) is 29.6 Å². The van der Waals surface area contributed by atoms with Crippen LogP contribution in [-0.2, 0) is 4.79 Å². The molecule has 2 heterocycles. The van der Waals surface area contributed by atoms with Crippen molar-refractivity contribution in [3.8, 4) is 5.75 Å². The van der Waals surface area contributed by atoms with Gasteiger partial charge in [-0.15, -0.1) is 13.2 Å². The minimum atomic E-state index is -4.83. The van der Waals surface area contributed by atoms with Crippen LogP contribution in [0.5, 0.6) is 5.75 Å². The first-order valence-electron chi connectivity index (χ1n) is 9.00. The molecule has 0 bridgehead atoms. The smallest absolute Gasteiger partial charge is 0.406 e. The summed E-state index contributed by atoms with van der Waals surface area (Å²) >= 11 is 0. The Kier molecular flexibility index (Phi) is 6.54. The summed E-state index contributed by atoms with van der Waals surface area (Å²) in [6.07, 6.45) is -1.54. The monoisotopic (exact) mass is 424 g/mol. The second kappa shape index (κ2) is 9.29. The molecule has 3 amide bonds. The number of benzene rings is 1. The number of ether oxygens (including phenoxy) is 1. The number of hydrogen-bond acceptors (Lipinski definition) is 6. The van der Waals surface area contributed by atoms with Gasteiger partial charge in [0, 0.05) is 50.3 Å². The number of carbonyl (C=O) groups is 2. The molecule has 1 fully saturated rings. The largest absolute Gasteiger partial charge is 0.573 e. The van der Waals surface area contributed by atoms with Crippen LogP contribution in [0.15, 0.2) is 42.7 Å². The molecule has 1 aromatic carbocycles. The molecule has 0 saturated carbocycles. The Morgan fingerprint density at radius 2 is 1.77 bits per heavy atom. The lowest BCUT2D eigenvalue weighted by Gasteiger charge is -2.34. The molecule has 0 unspecified atom stereocenters. The highest BCUT2D eigenvalue weighted by molar-refractivity contribution is 5.94. The molecule has 1 aliphatic heterocycles. The number of nitrogens with one attached hydrogen (secondary N) is 2. The van der Waals surface area contributed by atoms with Gasteiger partial charge in [0.2, 0.25) is 11.9 Å². The van der Waals surface area contributed by atoms with Crippen LogP contribution in [0.3, 0.4) is 0 Å². The normalized spacial score (nSPS) is 14.2. The zero-order valence-corrected chi connectivity index (χ0v) is 15.7. The zero-order valence-electron chi connectivity index (χ0n) is 15.7. The van der Waals surface area contributed by atoms with E-state index in [1.54, 1.807) is 23.4 Å². The van der Waals surface area contributed by atoms with Crippen LogP contribution in [0.1, 0.15) is 0 Å². The Morgan fingerprint density at radius 1 is 1.07 bits per heavy atom. The molecule has 0 radical (unpaired) electrons. The summed E-state index contributed by atoms with van der Waals surface area (Å²) in [7, 11) is 0. The fourth-order valence-corrected chi connectivity index (χ4v) is 2.81. The number of amides is 3. The van der Waals surface area contributed by atoms with Crippen molar-refractivity contribution in [1.29, 1.82) is 0 Å². The fourth-order valence-electron chi connectivity index (χ4n) is 2.81. The third-order valence-corrected chi connectivity index (χ3v) is 4.15. The highest BCUT2D eigenvalue weighted by Gasteiger charge is 2.31. The van der Waals surface area contributed by atoms with Crippen molar-refractivity contribution < 1.29 is 27.5 Å². The lowest BCUT2D eigenvalue weighted by atomic mass is 10.3. The van der Waals surface area contributed by atoms with Crippen LogP contribution in [0.25, 0.3) is 0 Å². The number of alkyl halides is 3. The number of piperazine rings is 1. The summed E-state index contributed by atoms with van der Waals surface area (Å²) in [5.41, 5.74) is 0.118. The number of aromatic nitrogens is 2. The predicted octanol–water partition coefficient (Wildman–Crippen LogP) is 1.85. The molecular formula is C18H19F3N6O3. The quantitative estimate of drug-likeness (QED) is 0.760. The number of anilines is 2. The molecule has 160 valence electrons. The molecular weight excluding hydrogens is 405 g/mol. The summed E-state index contributed by atoms with van der Waals surface area (Å²) in [6, 6.07) is 6.19. The lowest BCUT2D eigenvalue weighted by Crippen LogP contribution is -2.53. The summed E-state index contributed by atoms with van der Waals surface area (Å²) in [5, 5.41) is 4.90. The van der Waals surface area contributed by atoms with Crippen molar-refractivity contribution in [3.05, 3.63) is 42.7 Å². The van der Waals surface area contributed by atoms with Crippen molar-refractivity contribution in [3.63, 3.8) is 0 Å². The van der Waals surface area contributed by atoms with Crippen LogP contribution in [0.2, 0.25) is 0 Å². The van der Waals surface area contributed by atoms with E-state index in [1.165, 1.54) is 12.1 Å². The molecule has 30 heavy (non-hydrogen) atoms. The predicted molar refractivity (Wildman–Crippen MR) is 101 cm³/mol. The Morgan fingerprint density at radius 3 is 2.43 bits per heavy atom. The van der Waals surface area contributed by atoms with Gasteiger partial charge in [-0.25, -0.2) is 14.8 Å². The van der Waals surface area contributed by atoms with E-state index < -0.39 is 24.1 Å². The van der Waals surface area contributed by atoms with Crippen molar-refractivity contribution in [1.82, 2.24) is 20.2 Å². The van der Waals surface area contributed by atoms with Gasteiger partial charge >= 0.3 is 12.4 Å². The standard InChI is InChI=1S/C18H19F3N6O3/c19-18(20,21)30-14-4-1-3-13(11-14)25-15(28)12-24-17(29)27-9-7-26(8-10-27)16-22-5-2-6-23-16/h1-6,11H,7-10,12H2,(H,24,29)(H,25,28). The topological polar surface area (TPSA) is 99.7 Å². The molecule has 2 aromatic rings. The average Bonchev–Trinajstić information content (AvgIpc) is 2.72. The fraction of sp³-hybridized carbons (Fsp3) is 0.333. The molecule has 2 N–H and O–H groups in total. The number of nitrogens with zero attached hydrogens (tertiary/aromatic N) is 4. The highest BCUT2D eigenvalue weighted by Crippen LogP contribution is 2.24. The van der Waals surface area contributed by atoms with Gasteiger partial charge in [0.15, 0.2) is 0 Å². The summed E-state index contributed by atoms with van der Waals surface area (Å²) in [6.45, 7) is 1.64. The third kappa shape index (κ3) is 6.22. The molecule has 1 saturated heterocycles. The Hall–Kier alpha value is -3.57. The van der Waals surface area contributed by atoms with E-state index in [4.69, 9.17) is 0 Å². The first-order valence-corrected chi connectivity index (χ1v) is 9.00. The molecule has 1 aromatic heterocycles. The maximum absolute atomic E-state index is 12.3. The summed E-state index contributed by atoms with van der Waals surface area (Å²) in [4.78, 5) is 36.1. The van der Waals surface area contributed by atoms with Gasteiger partial charge in [-0.05, 0) is 18.2 Å². The van der Waals surface area contributed by atoms with Crippen LogP contribution in [-0.4, -0.2) is 65.9 Å². The first kappa shape index (κ1) is 21.1. The minimum absolute atomic E-state index is 0.118. The number of carbonyl (C=O) groups excluding carboxylic acids is 2. The van der Waals surface area contributed by atoms with Crippen molar-refractivity contribution in [2.75, 3.05) is 42.9 Å². The average molecular weight is 424 g/mol. The lowest BCUT2D eigenvalue weighted by molar-refractivity contribution is -0.274. The molecule has 9 nitrogen and oxygen atoms in total. The van der Waals surface area contributed by atoms with Gasteiger partial charge in [0.1, 0.15) is 5.75 Å². The number of hydrogen-bond donors (Lipinski definition) is 2. The minimum Gasteiger partial charge on any atom is -0.406 e. The van der Waals surface area contributed by atoms with E-state index in [9.17, 15) is 22.8 Å². The summed E-state index contributed by atoms with van der Waals surface area (Å²) < 4.78 is 40.6. The van der Waals surface area contributed by atoms with Gasteiger partial charge < -0.3 is 25.2 Å². The molecule has 0 spiro atoms. The Bertz CT molecular complexity index is 873. The second-order valence-corrected chi connectivity index (χ2v) is 6.31. The van der Waals surface area contributed by atoms with Crippen LogP contribution >= 0.6 is 0 Å². The van der Waals surface area contributed by atoms with E-state index in [-0.39, 0.29) is 12.2 Å². The first-order chi connectivity index (χ1) is 14.3. The van der Waals surface area contributed by atoms with E-state index in [0.29, 0.717) is 32.1 Å². The number of halogens is 3. The maximum atomic E-state index is 12.3. The van der Waals surface area contributed by atoms with Crippen LogP contribution in [0, 0.1) is 0 Å². The van der Waals surface area contributed by atoms with Crippen molar-refractivity contribution >= 4 is 23.6 Å². The molecule has 3 rings (SSSR count). The van der Waals surface area contributed by atoms with Gasteiger partial charge in [0.05, 0.1) is 6.54 Å². The van der Waals surface area contributed by atoms with E-state index in [2.05, 4.69) is 25.3 Å². The molecule has 12 heteroatoms. The van der Waals surface area contributed by atoms with Crippen molar-refractivity contribution in [2.45, 2.75) is 6.36 Å². The molecule has 0 atom stereocenters. The van der Waals surface area contributed by atoms with Gasteiger partial charge in [-0.2, -0.15) is 0 Å². The Labute approximate surface area is 169 Å². The maximum Gasteiger partial charge on any atom is 0.573 e. The van der Waals surface area contributed by atoms with E-state index in [1.807, 2.05) is 4.90 Å². The zero-order chi connectivity index (χ0) is 21.6. The molecule has 1 aliphatic rings. The third-order valence-electron chi connectivity index (χ3n) is 4.15. The van der Waals surface area contributed by atoms with E-state index >= 15 is 0 Å². The highest BCUT2D eigenvalue weighted by atomic mass is 19.4. The van der Waals surface area contributed by atoms with Crippen LogP contribution < -0.4 is 20.3 Å². The molecule has 0 aliphatic carbocycles. The van der Waals surface area contributed by atoms with Gasteiger partial charge in [-0.1, -0.05) is 6.07 Å². The van der Waals surface area contributed by atoms with E-state index in [0.717, 1.165) is 12.1 Å². The number of urea groups is 1. The van der Waals surface area contributed by atoms with Gasteiger partial charge in [0.25, 0.3) is 0 Å².